The highest BCUT2D eigenvalue weighted by molar-refractivity contribution is 6.05. The maximum Gasteiger partial charge on any atom is 0.338 e. The van der Waals surface area contributed by atoms with Gasteiger partial charge in [-0.25, -0.2) is 9.59 Å². The van der Waals surface area contributed by atoms with Crippen LogP contribution in [0.25, 0.3) is 10.9 Å². The van der Waals surface area contributed by atoms with Gasteiger partial charge in [-0.15, -0.1) is 0 Å². The fraction of sp³-hybridized carbons (Fsp3) is 0.280. The molecule has 0 fully saturated rings. The summed E-state index contributed by atoms with van der Waals surface area (Å²) in [7, 11) is 0. The molecule has 0 saturated carbocycles. The molecular weight excluding hydrogens is 422 g/mol. The average molecular weight is 447 g/mol. The normalized spacial score (nSPS) is 14.9. The molecule has 0 aliphatic carbocycles. The molecule has 0 bridgehead atoms. The van der Waals surface area contributed by atoms with Gasteiger partial charge in [-0.3, -0.25) is 14.4 Å². The lowest BCUT2D eigenvalue weighted by Gasteiger charge is -2.16. The van der Waals surface area contributed by atoms with Crippen LogP contribution in [0.2, 0.25) is 0 Å². The molecule has 2 heterocycles. The van der Waals surface area contributed by atoms with E-state index in [2.05, 4.69) is 10.3 Å². The maximum atomic E-state index is 13.5. The zero-order chi connectivity index (χ0) is 23.4. The van der Waals surface area contributed by atoms with E-state index >= 15 is 0 Å². The molecule has 0 spiro atoms. The van der Waals surface area contributed by atoms with Gasteiger partial charge in [-0.05, 0) is 56.2 Å². The first kappa shape index (κ1) is 22.3. The second-order valence-corrected chi connectivity index (χ2v) is 7.48. The molecule has 1 amide bonds. The quantitative estimate of drug-likeness (QED) is 0.592. The molecule has 1 aliphatic rings. The summed E-state index contributed by atoms with van der Waals surface area (Å²) in [6, 6.07) is 13.6. The van der Waals surface area contributed by atoms with Crippen LogP contribution in [-0.4, -0.2) is 48.5 Å². The molecule has 2 aromatic carbocycles. The van der Waals surface area contributed by atoms with Crippen LogP contribution in [0.3, 0.4) is 0 Å². The lowest BCUT2D eigenvalue weighted by molar-refractivity contribution is -0.143. The first-order valence-electron chi connectivity index (χ1n) is 10.9. The van der Waals surface area contributed by atoms with Gasteiger partial charge in [-0.1, -0.05) is 18.2 Å². The second kappa shape index (κ2) is 9.68. The lowest BCUT2D eigenvalue weighted by Crippen LogP contribution is -2.27. The standard InChI is InChI=1S/C25H25N3O5/c1-3-32-23(29)16-9-11-17(12-10-16)27-25(31)28-21-8-6-5-7-18(21)19-13-14-26-15-20(22(19)28)24(30)33-4-2/h5-12,15,20H,3-4,13-14H2,1-2H3,(H,27,31). The van der Waals surface area contributed by atoms with E-state index < -0.39 is 23.9 Å². The minimum atomic E-state index is -0.785. The molecule has 3 aromatic rings. The number of carbonyl (C=O) groups is 3. The number of nitrogens with zero attached hydrogens (tertiary/aromatic N) is 2. The molecule has 0 radical (unpaired) electrons. The Balaban J connectivity index is 1.74. The summed E-state index contributed by atoms with van der Waals surface area (Å²) in [4.78, 5) is 42.5. The van der Waals surface area contributed by atoms with E-state index in [9.17, 15) is 14.4 Å². The predicted octanol–water partition coefficient (Wildman–Crippen LogP) is 4.17. The number of aliphatic imine (C=N–C) groups is 1. The molecule has 1 aromatic heterocycles. The monoisotopic (exact) mass is 447 g/mol. The molecule has 1 atom stereocenters. The van der Waals surface area contributed by atoms with E-state index in [0.717, 1.165) is 10.9 Å². The molecule has 1 aliphatic heterocycles. The Morgan fingerprint density at radius 3 is 2.48 bits per heavy atom. The number of para-hydroxylation sites is 1. The molecule has 8 nitrogen and oxygen atoms in total. The number of carbonyl (C=O) groups excluding carboxylic acids is 3. The molecule has 1 unspecified atom stereocenters. The van der Waals surface area contributed by atoms with Crippen molar-refractivity contribution in [3.05, 3.63) is 65.4 Å². The number of rotatable bonds is 5. The fourth-order valence-corrected chi connectivity index (χ4v) is 4.05. The number of esters is 2. The van der Waals surface area contributed by atoms with Gasteiger partial charge in [0.15, 0.2) is 0 Å². The number of aromatic nitrogens is 1. The van der Waals surface area contributed by atoms with Gasteiger partial charge in [0.1, 0.15) is 5.92 Å². The number of amides is 1. The fourth-order valence-electron chi connectivity index (χ4n) is 4.05. The topological polar surface area (TPSA) is 99.0 Å². The summed E-state index contributed by atoms with van der Waals surface area (Å²) in [5.41, 5.74) is 3.08. The van der Waals surface area contributed by atoms with E-state index in [1.807, 2.05) is 24.3 Å². The first-order valence-corrected chi connectivity index (χ1v) is 10.9. The zero-order valence-electron chi connectivity index (χ0n) is 18.5. The number of fused-ring (bicyclic) bond motifs is 3. The summed E-state index contributed by atoms with van der Waals surface area (Å²) in [6.07, 6.45) is 2.18. The van der Waals surface area contributed by atoms with Gasteiger partial charge in [0, 0.05) is 23.8 Å². The number of anilines is 1. The zero-order valence-corrected chi connectivity index (χ0v) is 18.5. The van der Waals surface area contributed by atoms with E-state index in [0.29, 0.717) is 35.4 Å². The summed E-state index contributed by atoms with van der Waals surface area (Å²) in [5, 5.41) is 3.77. The summed E-state index contributed by atoms with van der Waals surface area (Å²) >= 11 is 0. The highest BCUT2D eigenvalue weighted by Gasteiger charge is 2.32. The van der Waals surface area contributed by atoms with Crippen molar-refractivity contribution < 1.29 is 23.9 Å². The lowest BCUT2D eigenvalue weighted by atomic mass is 10.00. The Morgan fingerprint density at radius 1 is 1.03 bits per heavy atom. The molecule has 1 N–H and O–H groups in total. The SMILES string of the molecule is CCOC(=O)c1ccc(NC(=O)n2c3c(c4ccccc42)CCN=CC3C(=O)OCC)cc1. The van der Waals surface area contributed by atoms with Crippen molar-refractivity contribution in [3.63, 3.8) is 0 Å². The van der Waals surface area contributed by atoms with Gasteiger partial charge in [0.05, 0.1) is 30.0 Å². The Labute approximate surface area is 191 Å². The Hall–Kier alpha value is -3.94. The van der Waals surface area contributed by atoms with Crippen LogP contribution in [0, 0.1) is 0 Å². The second-order valence-electron chi connectivity index (χ2n) is 7.48. The summed E-state index contributed by atoms with van der Waals surface area (Å²) < 4.78 is 11.8. The third-order valence-electron chi connectivity index (χ3n) is 5.45. The highest BCUT2D eigenvalue weighted by Crippen LogP contribution is 2.33. The predicted molar refractivity (Wildman–Crippen MR) is 125 cm³/mol. The van der Waals surface area contributed by atoms with Crippen LogP contribution in [-0.2, 0) is 20.7 Å². The van der Waals surface area contributed by atoms with E-state index in [1.54, 1.807) is 44.3 Å². The van der Waals surface area contributed by atoms with E-state index in [1.165, 1.54) is 4.57 Å². The van der Waals surface area contributed by atoms with E-state index in [4.69, 9.17) is 9.47 Å². The van der Waals surface area contributed by atoms with Gasteiger partial charge in [0.25, 0.3) is 0 Å². The van der Waals surface area contributed by atoms with Crippen molar-refractivity contribution in [1.29, 1.82) is 0 Å². The van der Waals surface area contributed by atoms with Crippen molar-refractivity contribution in [1.82, 2.24) is 4.57 Å². The van der Waals surface area contributed by atoms with Crippen LogP contribution < -0.4 is 5.32 Å². The molecule has 4 rings (SSSR count). The summed E-state index contributed by atoms with van der Waals surface area (Å²) in [5.74, 6) is -1.65. The highest BCUT2D eigenvalue weighted by atomic mass is 16.5. The smallest absolute Gasteiger partial charge is 0.338 e. The van der Waals surface area contributed by atoms with Crippen LogP contribution in [0.5, 0.6) is 0 Å². The van der Waals surface area contributed by atoms with Crippen LogP contribution in [0.15, 0.2) is 53.5 Å². The third-order valence-corrected chi connectivity index (χ3v) is 5.45. The van der Waals surface area contributed by atoms with E-state index in [-0.39, 0.29) is 13.2 Å². The minimum Gasteiger partial charge on any atom is -0.465 e. The first-order chi connectivity index (χ1) is 16.0. The summed E-state index contributed by atoms with van der Waals surface area (Å²) in [6.45, 7) is 4.53. The van der Waals surface area contributed by atoms with Gasteiger partial charge in [0.2, 0.25) is 0 Å². The van der Waals surface area contributed by atoms with Crippen LogP contribution in [0.1, 0.15) is 41.4 Å². The number of hydrogen-bond acceptors (Lipinski definition) is 6. The number of benzene rings is 2. The molecule has 33 heavy (non-hydrogen) atoms. The van der Waals surface area contributed by atoms with Crippen molar-refractivity contribution in [2.24, 2.45) is 4.99 Å². The number of hydrogen-bond donors (Lipinski definition) is 1. The average Bonchev–Trinajstić information content (AvgIpc) is 2.98. The Kier molecular flexibility index (Phi) is 6.53. The molecule has 8 heteroatoms. The Bertz CT molecular complexity index is 1230. The van der Waals surface area contributed by atoms with Crippen molar-refractivity contribution in [3.8, 4) is 0 Å². The Morgan fingerprint density at radius 2 is 1.76 bits per heavy atom. The van der Waals surface area contributed by atoms with Gasteiger partial charge < -0.3 is 14.8 Å². The largest absolute Gasteiger partial charge is 0.465 e. The number of ether oxygens (including phenoxy) is 2. The maximum absolute atomic E-state index is 13.5. The molecule has 0 saturated heterocycles. The van der Waals surface area contributed by atoms with Gasteiger partial charge in [-0.2, -0.15) is 0 Å². The van der Waals surface area contributed by atoms with Gasteiger partial charge >= 0.3 is 18.0 Å². The molecular formula is C25H25N3O5. The van der Waals surface area contributed by atoms with Crippen LogP contribution in [0.4, 0.5) is 10.5 Å². The van der Waals surface area contributed by atoms with Crippen molar-refractivity contribution >= 4 is 40.8 Å². The third kappa shape index (κ3) is 4.37. The minimum absolute atomic E-state index is 0.234. The number of nitrogens with one attached hydrogen (secondary N) is 1. The molecule has 170 valence electrons. The van der Waals surface area contributed by atoms with Crippen molar-refractivity contribution in [2.75, 3.05) is 25.1 Å². The van der Waals surface area contributed by atoms with Crippen molar-refractivity contribution in [2.45, 2.75) is 26.2 Å². The van der Waals surface area contributed by atoms with Crippen LogP contribution >= 0.6 is 0 Å².